The Morgan fingerprint density at radius 1 is 1.22 bits per heavy atom. The Labute approximate surface area is 98.0 Å². The molecule has 7 heteroatoms. The van der Waals surface area contributed by atoms with Crippen LogP contribution in [0.3, 0.4) is 0 Å². The third-order valence-electron chi connectivity index (χ3n) is 2.36. The Hall–Kier alpha value is -2.05. The molecule has 0 radical (unpaired) electrons. The van der Waals surface area contributed by atoms with E-state index in [9.17, 15) is 17.6 Å². The number of para-hydroxylation sites is 1. The molecule has 3 nitrogen and oxygen atoms in total. The molecular formula is C11H7F4NO2. The standard InChI is InChI=1S/C11H7F4NO2/c12-10(13)11(14,15)9-5-7(16-17)6-3-1-2-4-8(6)18-9/h1-5,10,17H/b16-7+. The van der Waals surface area contributed by atoms with Crippen LogP contribution < -0.4 is 5.36 Å². The van der Waals surface area contributed by atoms with Gasteiger partial charge in [0.05, 0.1) is 0 Å². The normalized spacial score (nSPS) is 13.5. The SMILES string of the molecule is O/N=c1\cc(C(F)(F)C(F)F)oc2ccccc12. The highest BCUT2D eigenvalue weighted by Crippen LogP contribution is 2.34. The van der Waals surface area contributed by atoms with Crippen LogP contribution >= 0.6 is 0 Å². The zero-order valence-corrected chi connectivity index (χ0v) is 8.78. The first-order chi connectivity index (χ1) is 8.46. The summed E-state index contributed by atoms with van der Waals surface area (Å²) in [5.74, 6) is -5.69. The Morgan fingerprint density at radius 2 is 1.89 bits per heavy atom. The van der Waals surface area contributed by atoms with Crippen LogP contribution in [0.25, 0.3) is 11.0 Å². The van der Waals surface area contributed by atoms with E-state index in [2.05, 4.69) is 5.16 Å². The predicted molar refractivity (Wildman–Crippen MR) is 53.5 cm³/mol. The van der Waals surface area contributed by atoms with Crippen molar-refractivity contribution in [2.75, 3.05) is 0 Å². The van der Waals surface area contributed by atoms with E-state index in [1.807, 2.05) is 0 Å². The molecule has 0 spiro atoms. The molecule has 18 heavy (non-hydrogen) atoms. The molecule has 96 valence electrons. The number of rotatable bonds is 2. The van der Waals surface area contributed by atoms with E-state index < -0.39 is 18.1 Å². The first-order valence-corrected chi connectivity index (χ1v) is 4.84. The molecule has 0 atom stereocenters. The lowest BCUT2D eigenvalue weighted by Crippen LogP contribution is -2.25. The highest BCUT2D eigenvalue weighted by atomic mass is 19.3. The van der Waals surface area contributed by atoms with Crippen molar-refractivity contribution >= 4 is 11.0 Å². The van der Waals surface area contributed by atoms with Gasteiger partial charge in [0.15, 0.2) is 5.76 Å². The van der Waals surface area contributed by atoms with Crippen molar-refractivity contribution in [3.05, 3.63) is 41.4 Å². The average Bonchev–Trinajstić information content (AvgIpc) is 2.37. The van der Waals surface area contributed by atoms with E-state index in [0.29, 0.717) is 6.07 Å². The maximum atomic E-state index is 13.2. The number of fused-ring (bicyclic) bond motifs is 1. The van der Waals surface area contributed by atoms with Crippen molar-refractivity contribution < 1.29 is 27.2 Å². The van der Waals surface area contributed by atoms with Gasteiger partial charge in [-0.2, -0.15) is 8.78 Å². The lowest BCUT2D eigenvalue weighted by molar-refractivity contribution is -0.147. The summed E-state index contributed by atoms with van der Waals surface area (Å²) in [7, 11) is 0. The highest BCUT2D eigenvalue weighted by Gasteiger charge is 2.45. The molecule has 2 rings (SSSR count). The van der Waals surface area contributed by atoms with Crippen LogP contribution in [0, 0.1) is 0 Å². The van der Waals surface area contributed by atoms with Crippen LogP contribution in [0.15, 0.2) is 39.9 Å². The molecule has 0 amide bonds. The molecule has 0 aliphatic carbocycles. The second kappa shape index (κ2) is 4.32. The van der Waals surface area contributed by atoms with Gasteiger partial charge in [0.1, 0.15) is 10.9 Å². The first-order valence-electron chi connectivity index (χ1n) is 4.84. The molecule has 0 saturated carbocycles. The molecule has 1 heterocycles. The van der Waals surface area contributed by atoms with Crippen molar-refractivity contribution in [3.8, 4) is 0 Å². The molecule has 0 fully saturated rings. The van der Waals surface area contributed by atoms with Crippen LogP contribution in [0.4, 0.5) is 17.6 Å². The van der Waals surface area contributed by atoms with Crippen molar-refractivity contribution in [1.29, 1.82) is 0 Å². The van der Waals surface area contributed by atoms with Gasteiger partial charge < -0.3 is 9.62 Å². The summed E-state index contributed by atoms with van der Waals surface area (Å²) >= 11 is 0. The zero-order chi connectivity index (χ0) is 13.3. The largest absolute Gasteiger partial charge is 0.454 e. The number of benzene rings is 1. The summed E-state index contributed by atoms with van der Waals surface area (Å²) in [6.07, 6.45) is -3.91. The van der Waals surface area contributed by atoms with Gasteiger partial charge in [-0.3, -0.25) is 0 Å². The van der Waals surface area contributed by atoms with Crippen LogP contribution in [0.5, 0.6) is 0 Å². The third kappa shape index (κ3) is 1.92. The Morgan fingerprint density at radius 3 is 2.50 bits per heavy atom. The number of hydrogen-bond donors (Lipinski definition) is 1. The second-order valence-electron chi connectivity index (χ2n) is 3.52. The van der Waals surface area contributed by atoms with Crippen LogP contribution in [0.2, 0.25) is 0 Å². The van der Waals surface area contributed by atoms with E-state index in [1.54, 1.807) is 6.07 Å². The lowest BCUT2D eigenvalue weighted by Gasteiger charge is -2.14. The van der Waals surface area contributed by atoms with E-state index in [1.165, 1.54) is 18.2 Å². The quantitative estimate of drug-likeness (QED) is 0.513. The lowest BCUT2D eigenvalue weighted by atomic mass is 10.2. The van der Waals surface area contributed by atoms with Crippen LogP contribution in [-0.4, -0.2) is 11.6 Å². The monoisotopic (exact) mass is 261 g/mol. The van der Waals surface area contributed by atoms with Crippen molar-refractivity contribution in [2.24, 2.45) is 5.16 Å². The van der Waals surface area contributed by atoms with E-state index in [0.717, 1.165) is 0 Å². The topological polar surface area (TPSA) is 45.7 Å². The number of alkyl halides is 4. The summed E-state index contributed by atoms with van der Waals surface area (Å²) in [5, 5.41) is 11.5. The predicted octanol–water partition coefficient (Wildman–Crippen LogP) is 3.08. The maximum Gasteiger partial charge on any atom is 0.363 e. The molecule has 0 saturated heterocycles. The minimum atomic E-state index is -4.44. The summed E-state index contributed by atoms with van der Waals surface area (Å²) in [6.45, 7) is 0. The summed E-state index contributed by atoms with van der Waals surface area (Å²) in [4.78, 5) is 0. The molecule has 0 aliphatic heterocycles. The molecule has 1 N–H and O–H groups in total. The average molecular weight is 261 g/mol. The maximum absolute atomic E-state index is 13.2. The minimum absolute atomic E-state index is 0.0666. The Bertz CT molecular complexity index is 636. The van der Waals surface area contributed by atoms with E-state index in [-0.39, 0.29) is 16.3 Å². The number of hydrogen-bond acceptors (Lipinski definition) is 3. The van der Waals surface area contributed by atoms with E-state index in [4.69, 9.17) is 9.62 Å². The minimum Gasteiger partial charge on any atom is -0.454 e. The van der Waals surface area contributed by atoms with Gasteiger partial charge in [0.25, 0.3) is 0 Å². The Balaban J connectivity index is 2.76. The zero-order valence-electron chi connectivity index (χ0n) is 8.78. The van der Waals surface area contributed by atoms with Crippen molar-refractivity contribution in [3.63, 3.8) is 0 Å². The summed E-state index contributed by atoms with van der Waals surface area (Å²) in [6, 6.07) is 6.41. The van der Waals surface area contributed by atoms with E-state index >= 15 is 0 Å². The van der Waals surface area contributed by atoms with Gasteiger partial charge in [-0.25, -0.2) is 8.78 Å². The Kier molecular flexibility index (Phi) is 2.98. The van der Waals surface area contributed by atoms with Crippen molar-refractivity contribution in [2.45, 2.75) is 12.3 Å². The first kappa shape index (κ1) is 12.4. The van der Waals surface area contributed by atoms with Gasteiger partial charge in [0, 0.05) is 11.5 Å². The number of nitrogens with zero attached hydrogens (tertiary/aromatic N) is 1. The molecule has 1 aromatic carbocycles. The number of halogens is 4. The third-order valence-corrected chi connectivity index (χ3v) is 2.36. The van der Waals surface area contributed by atoms with Crippen LogP contribution in [-0.2, 0) is 5.92 Å². The second-order valence-corrected chi connectivity index (χ2v) is 3.52. The van der Waals surface area contributed by atoms with Gasteiger partial charge in [-0.1, -0.05) is 17.3 Å². The van der Waals surface area contributed by atoms with Gasteiger partial charge >= 0.3 is 12.3 Å². The molecule has 0 bridgehead atoms. The van der Waals surface area contributed by atoms with Gasteiger partial charge in [-0.05, 0) is 12.1 Å². The summed E-state index contributed by atoms with van der Waals surface area (Å²) < 4.78 is 55.5. The molecular weight excluding hydrogens is 254 g/mol. The molecule has 2 aromatic rings. The van der Waals surface area contributed by atoms with Crippen molar-refractivity contribution in [1.82, 2.24) is 0 Å². The molecule has 0 aliphatic rings. The molecule has 0 unspecified atom stereocenters. The molecule has 1 aromatic heterocycles. The smallest absolute Gasteiger partial charge is 0.363 e. The fourth-order valence-electron chi connectivity index (χ4n) is 1.47. The fraction of sp³-hybridized carbons (Fsp3) is 0.182. The highest BCUT2D eigenvalue weighted by molar-refractivity contribution is 5.75. The van der Waals surface area contributed by atoms with Gasteiger partial charge in [0.2, 0.25) is 0 Å². The van der Waals surface area contributed by atoms with Gasteiger partial charge in [-0.15, -0.1) is 0 Å². The summed E-state index contributed by atoms with van der Waals surface area (Å²) in [5.41, 5.74) is -0.0666. The fourth-order valence-corrected chi connectivity index (χ4v) is 1.47. The van der Waals surface area contributed by atoms with Crippen LogP contribution in [0.1, 0.15) is 5.76 Å².